The number of aromatic nitrogens is 1. The van der Waals surface area contributed by atoms with Crippen molar-refractivity contribution in [2.75, 3.05) is 24.5 Å². The van der Waals surface area contributed by atoms with Crippen LogP contribution in [-0.2, 0) is 4.79 Å². The molecule has 0 saturated carbocycles. The summed E-state index contributed by atoms with van der Waals surface area (Å²) >= 11 is 0. The van der Waals surface area contributed by atoms with Crippen LogP contribution in [0.2, 0.25) is 0 Å². The Kier molecular flexibility index (Phi) is 5.33. The lowest BCUT2D eigenvalue weighted by Gasteiger charge is -2.33. The third kappa shape index (κ3) is 3.68. The highest BCUT2D eigenvalue weighted by Gasteiger charge is 2.32. The fourth-order valence-electron chi connectivity index (χ4n) is 3.60. The Morgan fingerprint density at radius 2 is 1.71 bits per heavy atom. The van der Waals surface area contributed by atoms with Crippen LogP contribution in [0.4, 0.5) is 5.82 Å². The molecule has 1 N–H and O–H groups in total. The maximum atomic E-state index is 12.7. The Morgan fingerprint density at radius 3 is 2.33 bits per heavy atom. The van der Waals surface area contributed by atoms with Crippen molar-refractivity contribution >= 4 is 17.7 Å². The molecule has 0 spiro atoms. The summed E-state index contributed by atoms with van der Waals surface area (Å²) in [6.07, 6.45) is 8.71. The van der Waals surface area contributed by atoms with Crippen LogP contribution in [0.1, 0.15) is 55.3 Å². The number of likely N-dealkylation sites (tertiary alicyclic amines) is 1. The Labute approximate surface area is 142 Å². The maximum absolute atomic E-state index is 12.7. The lowest BCUT2D eigenvalue weighted by molar-refractivity contribution is -0.143. The van der Waals surface area contributed by atoms with Crippen molar-refractivity contribution in [1.82, 2.24) is 9.88 Å². The van der Waals surface area contributed by atoms with Gasteiger partial charge < -0.3 is 14.9 Å². The summed E-state index contributed by atoms with van der Waals surface area (Å²) in [7, 11) is 0. The fraction of sp³-hybridized carbons (Fsp3) is 0.611. The van der Waals surface area contributed by atoms with Crippen molar-refractivity contribution in [3.05, 3.63) is 23.9 Å². The molecular formula is C18H25N3O3. The van der Waals surface area contributed by atoms with Crippen LogP contribution < -0.4 is 4.90 Å². The summed E-state index contributed by atoms with van der Waals surface area (Å²) < 4.78 is 0. The van der Waals surface area contributed by atoms with Gasteiger partial charge in [0.25, 0.3) is 5.91 Å². The molecule has 3 heterocycles. The van der Waals surface area contributed by atoms with Crippen LogP contribution in [-0.4, -0.2) is 52.5 Å². The second kappa shape index (κ2) is 7.64. The van der Waals surface area contributed by atoms with Gasteiger partial charge in [0.1, 0.15) is 11.9 Å². The predicted molar refractivity (Wildman–Crippen MR) is 91.2 cm³/mol. The van der Waals surface area contributed by atoms with E-state index in [2.05, 4.69) is 9.88 Å². The quantitative estimate of drug-likeness (QED) is 0.921. The minimum absolute atomic E-state index is 0.225. The van der Waals surface area contributed by atoms with Crippen molar-refractivity contribution in [2.45, 2.75) is 51.0 Å². The molecule has 24 heavy (non-hydrogen) atoms. The maximum Gasteiger partial charge on any atom is 0.326 e. The van der Waals surface area contributed by atoms with E-state index in [1.165, 1.54) is 30.6 Å². The normalized spacial score (nSPS) is 22.1. The Balaban J connectivity index is 1.72. The molecule has 3 rings (SSSR count). The van der Waals surface area contributed by atoms with E-state index in [0.717, 1.165) is 31.7 Å². The van der Waals surface area contributed by atoms with Crippen LogP contribution in [0, 0.1) is 0 Å². The summed E-state index contributed by atoms with van der Waals surface area (Å²) in [5.74, 6) is -0.240. The summed E-state index contributed by atoms with van der Waals surface area (Å²) in [5.41, 5.74) is 0.474. The summed E-state index contributed by atoms with van der Waals surface area (Å²) in [5, 5.41) is 9.33. The molecule has 2 saturated heterocycles. The number of piperidine rings is 1. The molecule has 0 bridgehead atoms. The standard InChI is InChI=1S/C18H25N3O3/c22-17(21-12-6-3-7-15(21)18(23)24)14-8-9-16(19-13-14)20-10-4-1-2-5-11-20/h8-9,13,15H,1-7,10-12H2,(H,23,24). The van der Waals surface area contributed by atoms with E-state index in [1.54, 1.807) is 12.3 Å². The first kappa shape index (κ1) is 16.7. The highest BCUT2D eigenvalue weighted by atomic mass is 16.4. The average molecular weight is 331 g/mol. The first-order chi connectivity index (χ1) is 11.7. The van der Waals surface area contributed by atoms with Crippen LogP contribution in [0.5, 0.6) is 0 Å². The molecular weight excluding hydrogens is 306 g/mol. The number of carbonyl (C=O) groups excluding carboxylic acids is 1. The fourth-order valence-corrected chi connectivity index (χ4v) is 3.60. The lowest BCUT2D eigenvalue weighted by atomic mass is 10.0. The smallest absolute Gasteiger partial charge is 0.326 e. The summed E-state index contributed by atoms with van der Waals surface area (Å²) in [6, 6.07) is 2.96. The number of pyridine rings is 1. The van der Waals surface area contributed by atoms with Gasteiger partial charge in [0.15, 0.2) is 0 Å². The van der Waals surface area contributed by atoms with E-state index in [1.807, 2.05) is 6.07 Å². The third-order valence-corrected chi connectivity index (χ3v) is 4.97. The van der Waals surface area contributed by atoms with Crippen LogP contribution in [0.25, 0.3) is 0 Å². The molecule has 2 aliphatic heterocycles. The lowest BCUT2D eigenvalue weighted by Crippen LogP contribution is -2.48. The van der Waals surface area contributed by atoms with Crippen LogP contribution >= 0.6 is 0 Å². The topological polar surface area (TPSA) is 73.7 Å². The molecule has 0 aliphatic carbocycles. The number of nitrogens with zero attached hydrogens (tertiary/aromatic N) is 3. The van der Waals surface area contributed by atoms with Crippen LogP contribution in [0.3, 0.4) is 0 Å². The van der Waals surface area contributed by atoms with Gasteiger partial charge in [-0.25, -0.2) is 9.78 Å². The molecule has 1 aromatic heterocycles. The van der Waals surface area contributed by atoms with Crippen molar-refractivity contribution in [3.63, 3.8) is 0 Å². The number of aliphatic carboxylic acids is 1. The number of rotatable bonds is 3. The summed E-state index contributed by atoms with van der Waals surface area (Å²) in [4.78, 5) is 32.3. The van der Waals surface area contributed by atoms with E-state index >= 15 is 0 Å². The highest BCUT2D eigenvalue weighted by molar-refractivity contribution is 5.96. The summed E-state index contributed by atoms with van der Waals surface area (Å²) in [6.45, 7) is 2.52. The van der Waals surface area contributed by atoms with Gasteiger partial charge >= 0.3 is 5.97 Å². The molecule has 2 fully saturated rings. The van der Waals surface area contributed by atoms with Gasteiger partial charge in [0.05, 0.1) is 5.56 Å². The SMILES string of the molecule is O=C(O)C1CCCCN1C(=O)c1ccc(N2CCCCCC2)nc1. The van der Waals surface area contributed by atoms with Crippen molar-refractivity contribution in [1.29, 1.82) is 0 Å². The molecule has 6 heteroatoms. The van der Waals surface area contributed by atoms with Crippen LogP contribution in [0.15, 0.2) is 18.3 Å². The highest BCUT2D eigenvalue weighted by Crippen LogP contribution is 2.21. The number of amides is 1. The third-order valence-electron chi connectivity index (χ3n) is 4.97. The number of carboxylic acid groups (broad SMARTS) is 1. The number of hydrogen-bond acceptors (Lipinski definition) is 4. The minimum atomic E-state index is -0.919. The molecule has 1 amide bonds. The zero-order valence-corrected chi connectivity index (χ0v) is 14.0. The Bertz CT molecular complexity index is 580. The van der Waals surface area contributed by atoms with Gasteiger partial charge in [-0.2, -0.15) is 0 Å². The van der Waals surface area contributed by atoms with Gasteiger partial charge in [-0.3, -0.25) is 4.79 Å². The van der Waals surface area contributed by atoms with Gasteiger partial charge in [-0.05, 0) is 44.2 Å². The van der Waals surface area contributed by atoms with Gasteiger partial charge in [-0.15, -0.1) is 0 Å². The monoisotopic (exact) mass is 331 g/mol. The van der Waals surface area contributed by atoms with Crippen molar-refractivity contribution in [2.24, 2.45) is 0 Å². The van der Waals surface area contributed by atoms with E-state index in [-0.39, 0.29) is 5.91 Å². The number of anilines is 1. The van der Waals surface area contributed by atoms with Crippen molar-refractivity contribution in [3.8, 4) is 0 Å². The first-order valence-corrected chi connectivity index (χ1v) is 8.91. The van der Waals surface area contributed by atoms with Gasteiger partial charge in [-0.1, -0.05) is 12.8 Å². The van der Waals surface area contributed by atoms with Crippen molar-refractivity contribution < 1.29 is 14.7 Å². The second-order valence-corrected chi connectivity index (χ2v) is 6.65. The Hall–Kier alpha value is -2.11. The minimum Gasteiger partial charge on any atom is -0.480 e. The molecule has 0 radical (unpaired) electrons. The molecule has 1 aromatic rings. The average Bonchev–Trinajstić information content (AvgIpc) is 2.90. The molecule has 1 atom stereocenters. The zero-order valence-electron chi connectivity index (χ0n) is 14.0. The van der Waals surface area contributed by atoms with E-state index < -0.39 is 12.0 Å². The number of carbonyl (C=O) groups is 2. The molecule has 1 unspecified atom stereocenters. The van der Waals surface area contributed by atoms with E-state index in [9.17, 15) is 14.7 Å². The number of carboxylic acids is 1. The zero-order chi connectivity index (χ0) is 16.9. The molecule has 130 valence electrons. The number of hydrogen-bond donors (Lipinski definition) is 1. The molecule has 6 nitrogen and oxygen atoms in total. The Morgan fingerprint density at radius 1 is 1.00 bits per heavy atom. The second-order valence-electron chi connectivity index (χ2n) is 6.65. The van der Waals surface area contributed by atoms with E-state index in [0.29, 0.717) is 18.5 Å². The predicted octanol–water partition coefficient (Wildman–Crippen LogP) is 2.54. The van der Waals surface area contributed by atoms with E-state index in [4.69, 9.17) is 0 Å². The molecule has 0 aromatic carbocycles. The molecule has 2 aliphatic rings. The van der Waals surface area contributed by atoms with Gasteiger partial charge in [0.2, 0.25) is 0 Å². The first-order valence-electron chi connectivity index (χ1n) is 8.91. The van der Waals surface area contributed by atoms with Gasteiger partial charge in [0, 0.05) is 25.8 Å². The largest absolute Gasteiger partial charge is 0.480 e.